The van der Waals surface area contributed by atoms with E-state index in [1.54, 1.807) is 19.1 Å². The lowest BCUT2D eigenvalue weighted by atomic mass is 10.2. The lowest BCUT2D eigenvalue weighted by molar-refractivity contribution is -0.137. The van der Waals surface area contributed by atoms with E-state index < -0.39 is 0 Å². The van der Waals surface area contributed by atoms with Crippen LogP contribution >= 0.6 is 0 Å². The standard InChI is InChI=1S/C11H14N2O2/c1-3-15-11(14)7-5-9-4-6-10(12)13-8(9)2/h4-7H,3H2,1-2H3,(H2,12,13). The Morgan fingerprint density at radius 3 is 2.93 bits per heavy atom. The molecular weight excluding hydrogens is 192 g/mol. The molecular formula is C11H14N2O2. The van der Waals surface area contributed by atoms with E-state index >= 15 is 0 Å². The molecule has 0 aliphatic carbocycles. The van der Waals surface area contributed by atoms with Crippen molar-refractivity contribution in [2.24, 2.45) is 0 Å². The highest BCUT2D eigenvalue weighted by molar-refractivity contribution is 5.87. The van der Waals surface area contributed by atoms with Crippen LogP contribution in [0.25, 0.3) is 6.08 Å². The number of rotatable bonds is 3. The van der Waals surface area contributed by atoms with Crippen LogP contribution in [0.15, 0.2) is 18.2 Å². The number of aryl methyl sites for hydroxylation is 1. The van der Waals surface area contributed by atoms with Gasteiger partial charge in [0, 0.05) is 11.8 Å². The molecule has 1 heterocycles. The molecule has 0 aliphatic rings. The zero-order valence-corrected chi connectivity index (χ0v) is 8.86. The van der Waals surface area contributed by atoms with Crippen LogP contribution in [0.3, 0.4) is 0 Å². The van der Waals surface area contributed by atoms with Gasteiger partial charge in [-0.1, -0.05) is 0 Å². The number of nitrogens with zero attached hydrogens (tertiary/aromatic N) is 1. The van der Waals surface area contributed by atoms with Crippen LogP contribution in [-0.2, 0) is 9.53 Å². The number of esters is 1. The number of ether oxygens (including phenoxy) is 1. The molecule has 2 N–H and O–H groups in total. The number of nitrogens with two attached hydrogens (primary N) is 1. The lowest BCUT2D eigenvalue weighted by Gasteiger charge is -2.00. The van der Waals surface area contributed by atoms with Crippen molar-refractivity contribution in [2.75, 3.05) is 12.3 Å². The van der Waals surface area contributed by atoms with Gasteiger partial charge in [0.2, 0.25) is 0 Å². The number of nitrogen functional groups attached to an aromatic ring is 1. The number of anilines is 1. The summed E-state index contributed by atoms with van der Waals surface area (Å²) in [6.07, 6.45) is 3.05. The van der Waals surface area contributed by atoms with Gasteiger partial charge < -0.3 is 10.5 Å². The molecule has 0 spiro atoms. The highest BCUT2D eigenvalue weighted by Crippen LogP contribution is 2.09. The summed E-state index contributed by atoms with van der Waals surface area (Å²) in [6, 6.07) is 3.51. The molecule has 0 saturated heterocycles. The third-order valence-electron chi connectivity index (χ3n) is 1.83. The van der Waals surface area contributed by atoms with Gasteiger partial charge in [-0.2, -0.15) is 0 Å². The summed E-state index contributed by atoms with van der Waals surface area (Å²) < 4.78 is 4.76. The van der Waals surface area contributed by atoms with Crippen LogP contribution in [0.4, 0.5) is 5.82 Å². The highest BCUT2D eigenvalue weighted by Gasteiger charge is 1.98. The molecule has 1 aromatic heterocycles. The zero-order valence-electron chi connectivity index (χ0n) is 8.86. The Labute approximate surface area is 88.8 Å². The number of aromatic nitrogens is 1. The summed E-state index contributed by atoms with van der Waals surface area (Å²) >= 11 is 0. The van der Waals surface area contributed by atoms with Crippen molar-refractivity contribution in [3.8, 4) is 0 Å². The summed E-state index contributed by atoms with van der Waals surface area (Å²) in [5.41, 5.74) is 7.15. The maximum Gasteiger partial charge on any atom is 0.330 e. The van der Waals surface area contributed by atoms with Crippen molar-refractivity contribution < 1.29 is 9.53 Å². The molecule has 0 bridgehead atoms. The van der Waals surface area contributed by atoms with E-state index in [1.807, 2.05) is 13.0 Å². The van der Waals surface area contributed by atoms with Crippen LogP contribution < -0.4 is 5.73 Å². The molecule has 0 aromatic carbocycles. The Balaban J connectivity index is 2.76. The minimum absolute atomic E-state index is 0.353. The fourth-order valence-electron chi connectivity index (χ4n) is 1.12. The molecule has 1 aromatic rings. The van der Waals surface area contributed by atoms with Crippen molar-refractivity contribution in [3.05, 3.63) is 29.5 Å². The highest BCUT2D eigenvalue weighted by atomic mass is 16.5. The summed E-state index contributed by atoms with van der Waals surface area (Å²) in [7, 11) is 0. The minimum atomic E-state index is -0.353. The molecule has 1 rings (SSSR count). The van der Waals surface area contributed by atoms with Gasteiger partial charge in [-0.05, 0) is 37.6 Å². The van der Waals surface area contributed by atoms with Gasteiger partial charge in [-0.15, -0.1) is 0 Å². The van der Waals surface area contributed by atoms with E-state index in [9.17, 15) is 4.79 Å². The quantitative estimate of drug-likeness (QED) is 0.602. The van der Waals surface area contributed by atoms with E-state index in [1.165, 1.54) is 6.08 Å². The fraction of sp³-hybridized carbons (Fsp3) is 0.273. The van der Waals surface area contributed by atoms with Gasteiger partial charge in [0.05, 0.1) is 6.61 Å². The van der Waals surface area contributed by atoms with E-state index in [0.29, 0.717) is 12.4 Å². The number of hydrogen-bond acceptors (Lipinski definition) is 4. The zero-order chi connectivity index (χ0) is 11.3. The largest absolute Gasteiger partial charge is 0.463 e. The number of carbonyl (C=O) groups excluding carboxylic acids is 1. The first kappa shape index (κ1) is 11.2. The van der Waals surface area contributed by atoms with Crippen molar-refractivity contribution in [1.29, 1.82) is 0 Å². The maximum atomic E-state index is 11.0. The number of hydrogen-bond donors (Lipinski definition) is 1. The first-order chi connectivity index (χ1) is 7.13. The Bertz CT molecular complexity index is 386. The van der Waals surface area contributed by atoms with E-state index in [-0.39, 0.29) is 5.97 Å². The number of pyridine rings is 1. The van der Waals surface area contributed by atoms with Gasteiger partial charge in [-0.3, -0.25) is 0 Å². The SMILES string of the molecule is CCOC(=O)C=Cc1ccc(N)nc1C. The van der Waals surface area contributed by atoms with Crippen LogP contribution in [0, 0.1) is 6.92 Å². The average Bonchev–Trinajstić information content (AvgIpc) is 2.17. The molecule has 0 saturated carbocycles. The van der Waals surface area contributed by atoms with Crippen LogP contribution in [0.2, 0.25) is 0 Å². The van der Waals surface area contributed by atoms with E-state index in [2.05, 4.69) is 4.98 Å². The summed E-state index contributed by atoms with van der Waals surface area (Å²) in [5.74, 6) is 0.120. The Morgan fingerprint density at radius 2 is 2.33 bits per heavy atom. The van der Waals surface area contributed by atoms with Crippen LogP contribution in [0.1, 0.15) is 18.2 Å². The Hall–Kier alpha value is -1.84. The molecule has 4 heteroatoms. The van der Waals surface area contributed by atoms with Gasteiger partial charge in [0.15, 0.2) is 0 Å². The third kappa shape index (κ3) is 3.42. The monoisotopic (exact) mass is 206 g/mol. The second kappa shape index (κ2) is 5.14. The average molecular weight is 206 g/mol. The molecule has 15 heavy (non-hydrogen) atoms. The second-order valence-electron chi connectivity index (χ2n) is 3.00. The Morgan fingerprint density at radius 1 is 1.60 bits per heavy atom. The minimum Gasteiger partial charge on any atom is -0.463 e. The smallest absolute Gasteiger partial charge is 0.330 e. The molecule has 0 radical (unpaired) electrons. The van der Waals surface area contributed by atoms with Gasteiger partial charge in [0.1, 0.15) is 5.82 Å². The molecule has 0 amide bonds. The second-order valence-corrected chi connectivity index (χ2v) is 3.00. The molecule has 4 nitrogen and oxygen atoms in total. The predicted molar refractivity (Wildman–Crippen MR) is 59.1 cm³/mol. The molecule has 0 aliphatic heterocycles. The maximum absolute atomic E-state index is 11.0. The third-order valence-corrected chi connectivity index (χ3v) is 1.83. The summed E-state index contributed by atoms with van der Waals surface area (Å²) in [4.78, 5) is 15.1. The number of carbonyl (C=O) groups is 1. The molecule has 80 valence electrons. The fourth-order valence-corrected chi connectivity index (χ4v) is 1.12. The van der Waals surface area contributed by atoms with Crippen LogP contribution in [0.5, 0.6) is 0 Å². The lowest BCUT2D eigenvalue weighted by Crippen LogP contribution is -1.99. The van der Waals surface area contributed by atoms with Gasteiger partial charge in [-0.25, -0.2) is 9.78 Å². The first-order valence-electron chi connectivity index (χ1n) is 4.71. The normalized spacial score (nSPS) is 10.5. The molecule has 0 unspecified atom stereocenters. The topological polar surface area (TPSA) is 65.2 Å². The molecule has 0 atom stereocenters. The molecule has 0 fully saturated rings. The van der Waals surface area contributed by atoms with Gasteiger partial charge in [0.25, 0.3) is 0 Å². The first-order valence-corrected chi connectivity index (χ1v) is 4.71. The van der Waals surface area contributed by atoms with E-state index in [0.717, 1.165) is 11.3 Å². The van der Waals surface area contributed by atoms with Crippen molar-refractivity contribution in [3.63, 3.8) is 0 Å². The summed E-state index contributed by atoms with van der Waals surface area (Å²) in [6.45, 7) is 3.98. The van der Waals surface area contributed by atoms with Crippen molar-refractivity contribution in [1.82, 2.24) is 4.98 Å². The van der Waals surface area contributed by atoms with Crippen LogP contribution in [-0.4, -0.2) is 17.6 Å². The predicted octanol–water partition coefficient (Wildman–Crippen LogP) is 1.55. The summed E-state index contributed by atoms with van der Waals surface area (Å²) in [5, 5.41) is 0. The van der Waals surface area contributed by atoms with E-state index in [4.69, 9.17) is 10.5 Å². The Kier molecular flexibility index (Phi) is 3.85. The van der Waals surface area contributed by atoms with Crippen molar-refractivity contribution >= 4 is 17.9 Å². The van der Waals surface area contributed by atoms with Crippen molar-refractivity contribution in [2.45, 2.75) is 13.8 Å². The van der Waals surface area contributed by atoms with Gasteiger partial charge >= 0.3 is 5.97 Å².